The van der Waals surface area contributed by atoms with Crippen molar-refractivity contribution in [3.8, 4) is 0 Å². The fourth-order valence-electron chi connectivity index (χ4n) is 2.60. The van der Waals surface area contributed by atoms with Crippen LogP contribution >= 0.6 is 0 Å². The van der Waals surface area contributed by atoms with Gasteiger partial charge in [-0.3, -0.25) is 0 Å². The summed E-state index contributed by atoms with van der Waals surface area (Å²) in [4.78, 5) is 0. The molecule has 0 radical (unpaired) electrons. The Kier molecular flexibility index (Phi) is 4.63. The van der Waals surface area contributed by atoms with Crippen molar-refractivity contribution in [1.29, 1.82) is 0 Å². The van der Waals surface area contributed by atoms with Crippen LogP contribution in [0.5, 0.6) is 0 Å². The van der Waals surface area contributed by atoms with E-state index in [4.69, 9.17) is 0 Å². The smallest absolute Gasteiger partial charge is 0.0216 e. The highest BCUT2D eigenvalue weighted by Crippen LogP contribution is 2.29. The monoisotopic (exact) mass is 242 g/mol. The molecule has 1 aromatic carbocycles. The molecule has 0 spiro atoms. The fourth-order valence-corrected chi connectivity index (χ4v) is 2.60. The quantitative estimate of drug-likeness (QED) is 0.619. The fraction of sp³-hybridized carbons (Fsp3) is 0.556. The third-order valence-corrected chi connectivity index (χ3v) is 3.96. The zero-order chi connectivity index (χ0) is 13.0. The van der Waals surface area contributed by atoms with Gasteiger partial charge in [0.05, 0.1) is 0 Å². The maximum atomic E-state index is 2.42. The summed E-state index contributed by atoms with van der Waals surface area (Å²) in [5, 5.41) is 0. The summed E-state index contributed by atoms with van der Waals surface area (Å²) < 4.78 is 0. The molecule has 0 aliphatic heterocycles. The lowest BCUT2D eigenvalue weighted by molar-refractivity contribution is 0.670. The van der Waals surface area contributed by atoms with Gasteiger partial charge in [-0.15, -0.1) is 0 Å². The van der Waals surface area contributed by atoms with Crippen LogP contribution in [0, 0.1) is 0 Å². The Hall–Kier alpha value is -1.04. The first kappa shape index (κ1) is 13.4. The molecule has 0 aromatic heterocycles. The Morgan fingerprint density at radius 3 is 2.56 bits per heavy atom. The summed E-state index contributed by atoms with van der Waals surface area (Å²) in [6.45, 7) is 6.89. The second-order valence-corrected chi connectivity index (χ2v) is 5.87. The van der Waals surface area contributed by atoms with Gasteiger partial charge in [-0.2, -0.15) is 0 Å². The molecule has 0 nitrogen and oxygen atoms in total. The Morgan fingerprint density at radius 1 is 1.22 bits per heavy atom. The highest BCUT2D eigenvalue weighted by molar-refractivity contribution is 5.56. The van der Waals surface area contributed by atoms with Crippen LogP contribution in [0.15, 0.2) is 23.8 Å². The van der Waals surface area contributed by atoms with Gasteiger partial charge >= 0.3 is 0 Å². The molecule has 98 valence electrons. The zero-order valence-electron chi connectivity index (χ0n) is 12.1. The highest BCUT2D eigenvalue weighted by Gasteiger charge is 2.10. The number of hydrogen-bond donors (Lipinski definition) is 0. The number of unbranched alkanes of at least 4 members (excludes halogenated alkanes) is 1. The second-order valence-electron chi connectivity index (χ2n) is 5.87. The van der Waals surface area contributed by atoms with E-state index in [0.717, 1.165) is 0 Å². The SMILES string of the molecule is CCCCc1ccc(C=C2CCC2)cc1C(C)C. The molecule has 1 aliphatic carbocycles. The van der Waals surface area contributed by atoms with Crippen molar-refractivity contribution in [2.24, 2.45) is 0 Å². The van der Waals surface area contributed by atoms with E-state index < -0.39 is 0 Å². The van der Waals surface area contributed by atoms with Gasteiger partial charge in [0, 0.05) is 0 Å². The highest BCUT2D eigenvalue weighted by atomic mass is 14.2. The molecular weight excluding hydrogens is 216 g/mol. The van der Waals surface area contributed by atoms with Crippen molar-refractivity contribution in [1.82, 2.24) is 0 Å². The number of rotatable bonds is 5. The van der Waals surface area contributed by atoms with Crippen LogP contribution in [-0.2, 0) is 6.42 Å². The predicted molar refractivity (Wildman–Crippen MR) is 81.0 cm³/mol. The average Bonchev–Trinajstić information content (AvgIpc) is 2.31. The van der Waals surface area contributed by atoms with Gasteiger partial charge in [0.1, 0.15) is 0 Å². The van der Waals surface area contributed by atoms with Crippen LogP contribution in [0.4, 0.5) is 0 Å². The van der Waals surface area contributed by atoms with E-state index in [1.165, 1.54) is 44.1 Å². The maximum absolute atomic E-state index is 2.42. The van der Waals surface area contributed by atoms with Crippen molar-refractivity contribution >= 4 is 6.08 Å². The van der Waals surface area contributed by atoms with Crippen molar-refractivity contribution in [2.45, 2.75) is 65.2 Å². The molecule has 1 aliphatic rings. The first-order valence-corrected chi connectivity index (χ1v) is 7.53. The molecule has 2 rings (SSSR count). The topological polar surface area (TPSA) is 0 Å². The molecule has 18 heavy (non-hydrogen) atoms. The summed E-state index contributed by atoms with van der Waals surface area (Å²) in [6.07, 6.45) is 10.2. The van der Waals surface area contributed by atoms with E-state index in [2.05, 4.69) is 45.0 Å². The van der Waals surface area contributed by atoms with Crippen LogP contribution in [-0.4, -0.2) is 0 Å². The average molecular weight is 242 g/mol. The van der Waals surface area contributed by atoms with E-state index in [0.29, 0.717) is 5.92 Å². The van der Waals surface area contributed by atoms with E-state index in [1.807, 2.05) is 0 Å². The summed E-state index contributed by atoms with van der Waals surface area (Å²) in [6, 6.07) is 7.08. The van der Waals surface area contributed by atoms with Gasteiger partial charge in [0.15, 0.2) is 0 Å². The van der Waals surface area contributed by atoms with Crippen LogP contribution in [0.1, 0.15) is 75.5 Å². The predicted octanol–water partition coefficient (Wildman–Crippen LogP) is 5.72. The largest absolute Gasteiger partial charge is 0.0696 e. The lowest BCUT2D eigenvalue weighted by Crippen LogP contribution is -1.99. The van der Waals surface area contributed by atoms with Crippen LogP contribution in [0.2, 0.25) is 0 Å². The minimum atomic E-state index is 0.636. The number of allylic oxidation sites excluding steroid dienone is 1. The number of hydrogen-bond acceptors (Lipinski definition) is 0. The van der Waals surface area contributed by atoms with Crippen molar-refractivity contribution in [3.63, 3.8) is 0 Å². The molecular formula is C18H26. The van der Waals surface area contributed by atoms with Crippen LogP contribution in [0.3, 0.4) is 0 Å². The van der Waals surface area contributed by atoms with Gasteiger partial charge < -0.3 is 0 Å². The lowest BCUT2D eigenvalue weighted by atomic mass is 9.88. The first-order valence-electron chi connectivity index (χ1n) is 7.53. The molecule has 0 heterocycles. The first-order chi connectivity index (χ1) is 8.70. The van der Waals surface area contributed by atoms with Gasteiger partial charge in [-0.25, -0.2) is 0 Å². The van der Waals surface area contributed by atoms with E-state index in [9.17, 15) is 0 Å². The standard InChI is InChI=1S/C18H26/c1-4-5-9-17-11-10-16(12-15-7-6-8-15)13-18(17)14(2)3/h10-14H,4-9H2,1-3H3. The molecule has 0 N–H and O–H groups in total. The van der Waals surface area contributed by atoms with Crippen molar-refractivity contribution in [3.05, 3.63) is 40.5 Å². The third-order valence-electron chi connectivity index (χ3n) is 3.96. The molecule has 0 unspecified atom stereocenters. The lowest BCUT2D eigenvalue weighted by Gasteiger charge is -2.18. The molecule has 0 atom stereocenters. The number of benzene rings is 1. The van der Waals surface area contributed by atoms with Gasteiger partial charge in [-0.1, -0.05) is 57.0 Å². The Balaban J connectivity index is 2.21. The maximum Gasteiger partial charge on any atom is -0.0216 e. The summed E-state index contributed by atoms with van der Waals surface area (Å²) in [5.41, 5.74) is 6.15. The van der Waals surface area contributed by atoms with Crippen molar-refractivity contribution < 1.29 is 0 Å². The van der Waals surface area contributed by atoms with Crippen LogP contribution in [0.25, 0.3) is 6.08 Å². The normalized spacial score (nSPS) is 14.8. The molecule has 0 bridgehead atoms. The second kappa shape index (κ2) is 6.22. The third kappa shape index (κ3) is 3.25. The molecule has 0 saturated heterocycles. The molecule has 0 amide bonds. The Bertz CT molecular complexity index is 418. The van der Waals surface area contributed by atoms with Gasteiger partial charge in [-0.05, 0) is 54.7 Å². The molecule has 1 aromatic rings. The summed E-state index contributed by atoms with van der Waals surface area (Å²) in [7, 11) is 0. The Labute approximate surface area is 112 Å². The molecule has 1 saturated carbocycles. The van der Waals surface area contributed by atoms with E-state index in [1.54, 1.807) is 16.7 Å². The van der Waals surface area contributed by atoms with Gasteiger partial charge in [0.25, 0.3) is 0 Å². The number of aryl methyl sites for hydroxylation is 1. The van der Waals surface area contributed by atoms with E-state index >= 15 is 0 Å². The zero-order valence-corrected chi connectivity index (χ0v) is 12.1. The van der Waals surface area contributed by atoms with Crippen molar-refractivity contribution in [2.75, 3.05) is 0 Å². The van der Waals surface area contributed by atoms with Gasteiger partial charge in [0.2, 0.25) is 0 Å². The minimum Gasteiger partial charge on any atom is -0.0696 e. The van der Waals surface area contributed by atoms with E-state index in [-0.39, 0.29) is 0 Å². The molecule has 1 fully saturated rings. The summed E-state index contributed by atoms with van der Waals surface area (Å²) in [5.74, 6) is 0.636. The Morgan fingerprint density at radius 2 is 2.00 bits per heavy atom. The minimum absolute atomic E-state index is 0.636. The molecule has 0 heteroatoms. The van der Waals surface area contributed by atoms with Crippen LogP contribution < -0.4 is 0 Å². The summed E-state index contributed by atoms with van der Waals surface area (Å²) >= 11 is 0.